The lowest BCUT2D eigenvalue weighted by atomic mass is 9.85. The number of aromatic amines is 4. The molecule has 4 N–H and O–H groups in total. The molecule has 0 saturated carbocycles. The average Bonchev–Trinajstić information content (AvgIpc) is 3.24. The average molecular weight is 391 g/mol. The summed E-state index contributed by atoms with van der Waals surface area (Å²) in [5, 5.41) is 10.9. The van der Waals surface area contributed by atoms with Gasteiger partial charge in [-0.15, -0.1) is 0 Å². The van der Waals surface area contributed by atoms with Crippen LogP contribution in [-0.2, 0) is 6.61 Å². The van der Waals surface area contributed by atoms with Crippen LogP contribution in [0.15, 0.2) is 58.4 Å². The molecule has 4 rings (SSSR count). The van der Waals surface area contributed by atoms with E-state index in [1.807, 2.05) is 36.4 Å². The van der Waals surface area contributed by atoms with E-state index in [9.17, 15) is 9.59 Å². The molecule has 0 spiro atoms. The van der Waals surface area contributed by atoms with Gasteiger partial charge in [0.15, 0.2) is 0 Å². The Balaban J connectivity index is 1.76. The quantitative estimate of drug-likeness (QED) is 0.404. The van der Waals surface area contributed by atoms with Crippen molar-refractivity contribution in [2.24, 2.45) is 0 Å². The van der Waals surface area contributed by atoms with Gasteiger partial charge in [0.25, 0.3) is 11.1 Å². The normalized spacial score (nSPS) is 11.1. The lowest BCUT2D eigenvalue weighted by Gasteiger charge is -2.17. The lowest BCUT2D eigenvalue weighted by molar-refractivity contribution is 0.305. The van der Waals surface area contributed by atoms with E-state index >= 15 is 0 Å². The van der Waals surface area contributed by atoms with Crippen LogP contribution in [-0.4, -0.2) is 25.4 Å². The first-order valence-corrected chi connectivity index (χ1v) is 9.20. The molecule has 0 amide bonds. The number of pyridine rings is 1. The van der Waals surface area contributed by atoms with E-state index in [2.05, 4.69) is 25.4 Å². The zero-order valence-electron chi connectivity index (χ0n) is 16.1. The third-order valence-corrected chi connectivity index (χ3v) is 4.95. The fourth-order valence-corrected chi connectivity index (χ4v) is 3.51. The molecule has 0 saturated heterocycles. The number of ether oxygens (including phenoxy) is 1. The summed E-state index contributed by atoms with van der Waals surface area (Å²) in [4.78, 5) is 29.0. The van der Waals surface area contributed by atoms with E-state index in [1.165, 1.54) is 0 Å². The van der Waals surface area contributed by atoms with Crippen LogP contribution in [0.2, 0.25) is 0 Å². The monoisotopic (exact) mass is 391 g/mol. The number of benzene rings is 1. The van der Waals surface area contributed by atoms with Crippen molar-refractivity contribution in [3.63, 3.8) is 0 Å². The van der Waals surface area contributed by atoms with Gasteiger partial charge < -0.3 is 14.9 Å². The summed E-state index contributed by atoms with van der Waals surface area (Å²) in [5.41, 5.74) is 3.66. The summed E-state index contributed by atoms with van der Waals surface area (Å²) >= 11 is 0. The van der Waals surface area contributed by atoms with E-state index in [-0.39, 0.29) is 11.1 Å². The minimum Gasteiger partial charge on any atom is -0.489 e. The maximum absolute atomic E-state index is 12.5. The van der Waals surface area contributed by atoms with Crippen LogP contribution >= 0.6 is 0 Å². The van der Waals surface area contributed by atoms with E-state index in [0.29, 0.717) is 34.9 Å². The Morgan fingerprint density at radius 3 is 2.07 bits per heavy atom. The molecule has 0 aliphatic rings. The number of aromatic nitrogens is 5. The molecule has 3 heterocycles. The summed E-state index contributed by atoms with van der Waals surface area (Å²) in [6.07, 6.45) is 3.43. The highest BCUT2D eigenvalue weighted by Gasteiger charge is 2.28. The number of nitrogens with zero attached hydrogens (tertiary/aromatic N) is 1. The highest BCUT2D eigenvalue weighted by Crippen LogP contribution is 2.32. The molecule has 0 radical (unpaired) electrons. The minimum absolute atomic E-state index is 0.254. The molecule has 3 aromatic heterocycles. The van der Waals surface area contributed by atoms with Gasteiger partial charge in [-0.05, 0) is 49.2 Å². The summed E-state index contributed by atoms with van der Waals surface area (Å²) in [6, 6.07) is 11.2. The molecule has 4 aromatic rings. The van der Waals surface area contributed by atoms with Crippen molar-refractivity contribution in [2.75, 3.05) is 0 Å². The van der Waals surface area contributed by atoms with Crippen molar-refractivity contribution in [1.82, 2.24) is 25.4 Å². The number of rotatable bonds is 6. The number of hydrogen-bond acceptors (Lipinski definition) is 4. The Morgan fingerprint density at radius 1 is 0.897 bits per heavy atom. The SMILES string of the molecule is Cc1[nH][nH]c(=O)c1C(c1cccc(OCc2ccncc2)c1)c1c(C)[nH][nH]c1=O. The molecule has 0 aliphatic carbocycles. The van der Waals surface area contributed by atoms with Gasteiger partial charge in [0.2, 0.25) is 0 Å². The Kier molecular flexibility index (Phi) is 4.90. The van der Waals surface area contributed by atoms with Gasteiger partial charge in [-0.2, -0.15) is 0 Å². The molecule has 0 fully saturated rings. The van der Waals surface area contributed by atoms with Crippen molar-refractivity contribution >= 4 is 0 Å². The first kappa shape index (κ1) is 18.5. The minimum atomic E-state index is -0.538. The smallest absolute Gasteiger partial charge is 0.268 e. The molecule has 0 unspecified atom stereocenters. The van der Waals surface area contributed by atoms with Crippen molar-refractivity contribution in [3.05, 3.63) is 103 Å². The van der Waals surface area contributed by atoms with Crippen LogP contribution in [0.1, 0.15) is 39.6 Å². The Hall–Kier alpha value is -3.81. The third-order valence-electron chi connectivity index (χ3n) is 4.95. The zero-order valence-corrected chi connectivity index (χ0v) is 16.1. The number of H-pyrrole nitrogens is 4. The molecule has 8 heteroatoms. The van der Waals surface area contributed by atoms with Crippen LogP contribution in [0.4, 0.5) is 0 Å². The largest absolute Gasteiger partial charge is 0.489 e. The standard InChI is InChI=1S/C21H21N5O3/c1-12-17(20(27)25-23-12)19(18-13(2)24-26-21(18)28)15-4-3-5-16(10-15)29-11-14-6-8-22-9-7-14/h3-10,19H,11H2,1-2H3,(H2,23,25,27)(H2,24,26,28). The number of aryl methyl sites for hydroxylation is 2. The molecular formula is C21H21N5O3. The molecule has 148 valence electrons. The summed E-state index contributed by atoms with van der Waals surface area (Å²) in [5.74, 6) is 0.114. The maximum Gasteiger partial charge on any atom is 0.268 e. The topological polar surface area (TPSA) is 119 Å². The second-order valence-corrected chi connectivity index (χ2v) is 6.89. The first-order valence-electron chi connectivity index (χ1n) is 9.20. The first-order chi connectivity index (χ1) is 14.0. The Bertz CT molecular complexity index is 1180. The third kappa shape index (κ3) is 3.64. The van der Waals surface area contributed by atoms with Gasteiger partial charge in [0.05, 0.1) is 11.1 Å². The van der Waals surface area contributed by atoms with Gasteiger partial charge in [-0.25, -0.2) is 0 Å². The second kappa shape index (κ2) is 7.67. The van der Waals surface area contributed by atoms with Crippen LogP contribution in [0.25, 0.3) is 0 Å². The predicted molar refractivity (Wildman–Crippen MR) is 108 cm³/mol. The van der Waals surface area contributed by atoms with Gasteiger partial charge in [0, 0.05) is 29.7 Å². The van der Waals surface area contributed by atoms with E-state index < -0.39 is 5.92 Å². The predicted octanol–water partition coefficient (Wildman–Crippen LogP) is 2.49. The lowest BCUT2D eigenvalue weighted by Crippen LogP contribution is -2.20. The molecule has 0 aliphatic heterocycles. The summed E-state index contributed by atoms with van der Waals surface area (Å²) < 4.78 is 5.92. The van der Waals surface area contributed by atoms with Crippen molar-refractivity contribution in [1.29, 1.82) is 0 Å². The van der Waals surface area contributed by atoms with Crippen LogP contribution in [0, 0.1) is 13.8 Å². The summed E-state index contributed by atoms with van der Waals surface area (Å²) in [7, 11) is 0. The molecular weight excluding hydrogens is 370 g/mol. The van der Waals surface area contributed by atoms with Gasteiger partial charge >= 0.3 is 0 Å². The number of nitrogens with one attached hydrogen (secondary N) is 4. The van der Waals surface area contributed by atoms with E-state index in [4.69, 9.17) is 4.74 Å². The van der Waals surface area contributed by atoms with E-state index in [1.54, 1.807) is 26.2 Å². The highest BCUT2D eigenvalue weighted by atomic mass is 16.5. The van der Waals surface area contributed by atoms with Crippen molar-refractivity contribution in [2.45, 2.75) is 26.4 Å². The molecule has 0 atom stereocenters. The molecule has 1 aromatic carbocycles. The Morgan fingerprint density at radius 2 is 1.52 bits per heavy atom. The van der Waals surface area contributed by atoms with Gasteiger partial charge in [-0.3, -0.25) is 24.8 Å². The summed E-state index contributed by atoms with van der Waals surface area (Å²) in [6.45, 7) is 4.00. The molecule has 29 heavy (non-hydrogen) atoms. The van der Waals surface area contributed by atoms with Gasteiger partial charge in [0.1, 0.15) is 12.4 Å². The number of hydrogen-bond donors (Lipinski definition) is 4. The fraction of sp³-hybridized carbons (Fsp3) is 0.190. The van der Waals surface area contributed by atoms with Crippen molar-refractivity contribution in [3.8, 4) is 5.75 Å². The maximum atomic E-state index is 12.5. The van der Waals surface area contributed by atoms with Gasteiger partial charge in [-0.1, -0.05) is 12.1 Å². The zero-order chi connectivity index (χ0) is 20.4. The fourth-order valence-electron chi connectivity index (χ4n) is 3.51. The van der Waals surface area contributed by atoms with Crippen LogP contribution < -0.4 is 15.9 Å². The second-order valence-electron chi connectivity index (χ2n) is 6.89. The van der Waals surface area contributed by atoms with Crippen molar-refractivity contribution < 1.29 is 4.74 Å². The molecule has 8 nitrogen and oxygen atoms in total. The Labute approximate surface area is 166 Å². The van der Waals surface area contributed by atoms with Crippen LogP contribution in [0.3, 0.4) is 0 Å². The highest BCUT2D eigenvalue weighted by molar-refractivity contribution is 5.46. The molecule has 0 bridgehead atoms. The van der Waals surface area contributed by atoms with Crippen LogP contribution in [0.5, 0.6) is 5.75 Å². The van der Waals surface area contributed by atoms with E-state index in [0.717, 1.165) is 11.1 Å².